The van der Waals surface area contributed by atoms with E-state index in [1.165, 1.54) is 30.2 Å². The maximum atomic E-state index is 11.8. The van der Waals surface area contributed by atoms with Crippen LogP contribution in [0.4, 0.5) is 0 Å². The molecule has 0 saturated carbocycles. The number of nitrogens with zero attached hydrogens (tertiary/aromatic N) is 1. The van der Waals surface area contributed by atoms with Crippen molar-refractivity contribution in [3.63, 3.8) is 0 Å². The van der Waals surface area contributed by atoms with Crippen LogP contribution in [0.25, 0.3) is 0 Å². The molecule has 0 aliphatic rings. The van der Waals surface area contributed by atoms with Crippen LogP contribution in [0.2, 0.25) is 0 Å². The largest absolute Gasteiger partial charge is 0.481 e. The molecule has 1 heterocycles. The summed E-state index contributed by atoms with van der Waals surface area (Å²) in [7, 11) is 1.52. The molecule has 1 rings (SSSR count). The van der Waals surface area contributed by atoms with Gasteiger partial charge in [-0.3, -0.25) is 14.4 Å². The number of carbonyl (C=O) groups is 3. The summed E-state index contributed by atoms with van der Waals surface area (Å²) in [5, 5.41) is 11.3. The lowest BCUT2D eigenvalue weighted by Gasteiger charge is -2.19. The Hall–Kier alpha value is -1.89. The van der Waals surface area contributed by atoms with Crippen molar-refractivity contribution in [1.82, 2.24) is 10.2 Å². The summed E-state index contributed by atoms with van der Waals surface area (Å²) in [6.45, 7) is 3.40. The van der Waals surface area contributed by atoms with E-state index in [4.69, 9.17) is 5.11 Å². The number of hydrogen-bond acceptors (Lipinski definition) is 4. The third kappa shape index (κ3) is 4.65. The van der Waals surface area contributed by atoms with Crippen LogP contribution in [0.15, 0.2) is 12.1 Å². The van der Waals surface area contributed by atoms with E-state index >= 15 is 0 Å². The van der Waals surface area contributed by atoms with Gasteiger partial charge in [0.05, 0.1) is 17.3 Å². The number of aliphatic carboxylic acids is 1. The summed E-state index contributed by atoms with van der Waals surface area (Å²) in [5.41, 5.74) is 0. The Morgan fingerprint density at radius 3 is 2.55 bits per heavy atom. The zero-order chi connectivity index (χ0) is 15.3. The van der Waals surface area contributed by atoms with E-state index in [-0.39, 0.29) is 24.9 Å². The number of hydrogen-bond donors (Lipinski definition) is 2. The molecule has 2 amide bonds. The number of carbonyl (C=O) groups excluding carboxylic acids is 2. The molecule has 110 valence electrons. The fourth-order valence-electron chi connectivity index (χ4n) is 1.53. The normalized spacial score (nSPS) is 11.8. The van der Waals surface area contributed by atoms with Gasteiger partial charge in [0.25, 0.3) is 5.91 Å². The number of thiophene rings is 1. The van der Waals surface area contributed by atoms with E-state index in [9.17, 15) is 14.4 Å². The van der Waals surface area contributed by atoms with Gasteiger partial charge < -0.3 is 15.3 Å². The van der Waals surface area contributed by atoms with Gasteiger partial charge in [-0.05, 0) is 19.1 Å². The Morgan fingerprint density at radius 1 is 1.40 bits per heavy atom. The Labute approximate surface area is 121 Å². The summed E-state index contributed by atoms with van der Waals surface area (Å²) >= 11 is 1.36. The van der Waals surface area contributed by atoms with Gasteiger partial charge in [0.15, 0.2) is 0 Å². The van der Waals surface area contributed by atoms with Crippen molar-refractivity contribution in [2.45, 2.75) is 13.8 Å². The molecule has 0 aliphatic carbocycles. The van der Waals surface area contributed by atoms with Crippen molar-refractivity contribution in [3.8, 4) is 0 Å². The first kappa shape index (κ1) is 16.2. The molecule has 0 radical (unpaired) electrons. The fourth-order valence-corrected chi connectivity index (χ4v) is 2.31. The average molecular weight is 298 g/mol. The molecule has 0 aliphatic heterocycles. The lowest BCUT2D eigenvalue weighted by Crippen LogP contribution is -2.40. The minimum atomic E-state index is -0.956. The standard InChI is InChI=1S/C13H18N2O4S/c1-8(13(18)19)7-15(3)11(16)6-14-12(17)10-5-4-9(2)20-10/h4-5,8H,6-7H2,1-3H3,(H,14,17)(H,18,19). The van der Waals surface area contributed by atoms with Crippen LogP contribution in [0, 0.1) is 12.8 Å². The molecule has 2 N–H and O–H groups in total. The van der Waals surface area contributed by atoms with Gasteiger partial charge in [-0.25, -0.2) is 0 Å². The summed E-state index contributed by atoms with van der Waals surface area (Å²) in [4.78, 5) is 37.1. The number of nitrogens with one attached hydrogen (secondary N) is 1. The molecule has 1 atom stereocenters. The van der Waals surface area contributed by atoms with Crippen LogP contribution in [-0.2, 0) is 9.59 Å². The highest BCUT2D eigenvalue weighted by Crippen LogP contribution is 2.14. The first-order valence-corrected chi connectivity index (χ1v) is 6.94. The molecule has 1 aromatic heterocycles. The molecule has 0 fully saturated rings. The maximum absolute atomic E-state index is 11.8. The van der Waals surface area contributed by atoms with Crippen LogP contribution >= 0.6 is 11.3 Å². The molecule has 0 saturated heterocycles. The van der Waals surface area contributed by atoms with E-state index in [0.717, 1.165) is 4.88 Å². The van der Waals surface area contributed by atoms with Crippen molar-refractivity contribution < 1.29 is 19.5 Å². The zero-order valence-electron chi connectivity index (χ0n) is 11.7. The van der Waals surface area contributed by atoms with Crippen LogP contribution in [0.1, 0.15) is 21.5 Å². The van der Waals surface area contributed by atoms with Gasteiger partial charge in [0.2, 0.25) is 5.91 Å². The predicted octanol–water partition coefficient (Wildman–Crippen LogP) is 0.965. The molecule has 0 aromatic carbocycles. The predicted molar refractivity (Wildman–Crippen MR) is 75.8 cm³/mol. The SMILES string of the molecule is Cc1ccc(C(=O)NCC(=O)N(C)CC(C)C(=O)O)s1. The van der Waals surface area contributed by atoms with Crippen molar-refractivity contribution in [3.05, 3.63) is 21.9 Å². The highest BCUT2D eigenvalue weighted by atomic mass is 32.1. The maximum Gasteiger partial charge on any atom is 0.308 e. The van der Waals surface area contributed by atoms with Gasteiger partial charge in [-0.1, -0.05) is 6.92 Å². The molecule has 1 aromatic rings. The van der Waals surface area contributed by atoms with E-state index in [2.05, 4.69) is 5.32 Å². The minimum absolute atomic E-state index is 0.113. The quantitative estimate of drug-likeness (QED) is 0.819. The van der Waals surface area contributed by atoms with Crippen LogP contribution < -0.4 is 5.32 Å². The van der Waals surface area contributed by atoms with Crippen molar-refractivity contribution >= 4 is 29.1 Å². The van der Waals surface area contributed by atoms with Crippen LogP contribution in [0.5, 0.6) is 0 Å². The summed E-state index contributed by atoms with van der Waals surface area (Å²) in [6.07, 6.45) is 0. The summed E-state index contributed by atoms with van der Waals surface area (Å²) in [5.74, 6) is -2.21. The van der Waals surface area contributed by atoms with Gasteiger partial charge in [0.1, 0.15) is 0 Å². The molecule has 7 heteroatoms. The van der Waals surface area contributed by atoms with Crippen LogP contribution in [-0.4, -0.2) is 47.9 Å². The number of aryl methyl sites for hydroxylation is 1. The third-order valence-corrected chi connectivity index (χ3v) is 3.76. The first-order chi connectivity index (χ1) is 9.31. The fraction of sp³-hybridized carbons (Fsp3) is 0.462. The molecular weight excluding hydrogens is 280 g/mol. The number of rotatable bonds is 6. The molecule has 20 heavy (non-hydrogen) atoms. The Balaban J connectivity index is 2.43. The Kier molecular flexibility index (Phi) is 5.69. The Morgan fingerprint density at radius 2 is 2.05 bits per heavy atom. The molecule has 0 spiro atoms. The highest BCUT2D eigenvalue weighted by Gasteiger charge is 2.18. The van der Waals surface area contributed by atoms with E-state index in [1.54, 1.807) is 6.07 Å². The second kappa shape index (κ2) is 7.04. The molecule has 6 nitrogen and oxygen atoms in total. The average Bonchev–Trinajstić information content (AvgIpc) is 2.81. The number of likely N-dealkylation sites (N-methyl/N-ethyl adjacent to an activating group) is 1. The monoisotopic (exact) mass is 298 g/mol. The second-order valence-corrected chi connectivity index (χ2v) is 5.89. The highest BCUT2D eigenvalue weighted by molar-refractivity contribution is 7.13. The molecule has 0 bridgehead atoms. The van der Waals surface area contributed by atoms with Crippen molar-refractivity contribution in [2.24, 2.45) is 5.92 Å². The molecular formula is C13H18N2O4S. The van der Waals surface area contributed by atoms with Crippen LogP contribution in [0.3, 0.4) is 0 Å². The van der Waals surface area contributed by atoms with Crippen molar-refractivity contribution in [2.75, 3.05) is 20.1 Å². The zero-order valence-corrected chi connectivity index (χ0v) is 12.5. The van der Waals surface area contributed by atoms with Gasteiger partial charge in [-0.2, -0.15) is 0 Å². The van der Waals surface area contributed by atoms with E-state index in [0.29, 0.717) is 4.88 Å². The lowest BCUT2D eigenvalue weighted by atomic mass is 10.2. The second-order valence-electron chi connectivity index (χ2n) is 4.61. The lowest BCUT2D eigenvalue weighted by molar-refractivity contribution is -0.142. The topological polar surface area (TPSA) is 86.7 Å². The first-order valence-electron chi connectivity index (χ1n) is 6.12. The van der Waals surface area contributed by atoms with E-state index in [1.807, 2.05) is 13.0 Å². The van der Waals surface area contributed by atoms with Gasteiger partial charge in [-0.15, -0.1) is 11.3 Å². The Bertz CT molecular complexity index is 512. The number of amides is 2. The van der Waals surface area contributed by atoms with E-state index < -0.39 is 11.9 Å². The summed E-state index contributed by atoms with van der Waals surface area (Å²) in [6, 6.07) is 3.54. The van der Waals surface area contributed by atoms with Gasteiger partial charge in [0, 0.05) is 18.5 Å². The summed E-state index contributed by atoms with van der Waals surface area (Å²) < 4.78 is 0. The molecule has 1 unspecified atom stereocenters. The van der Waals surface area contributed by atoms with Gasteiger partial charge >= 0.3 is 5.97 Å². The number of carboxylic acid groups (broad SMARTS) is 1. The minimum Gasteiger partial charge on any atom is -0.481 e. The van der Waals surface area contributed by atoms with Crippen molar-refractivity contribution in [1.29, 1.82) is 0 Å². The number of carboxylic acids is 1. The third-order valence-electron chi connectivity index (χ3n) is 2.76. The smallest absolute Gasteiger partial charge is 0.308 e.